The molecule has 1 N–H and O–H groups in total. The maximum atomic E-state index is 10.9. The molecule has 3 nitrogen and oxygen atoms in total. The zero-order valence-corrected chi connectivity index (χ0v) is 11.5. The van der Waals surface area contributed by atoms with Gasteiger partial charge < -0.3 is 10.2 Å². The van der Waals surface area contributed by atoms with Crippen molar-refractivity contribution in [2.45, 2.75) is 64.8 Å². The minimum Gasteiger partial charge on any atom is -0.352 e. The molecule has 1 amide bonds. The van der Waals surface area contributed by atoms with Gasteiger partial charge in [0, 0.05) is 26.1 Å². The number of unbranched alkanes of at least 4 members (excludes halogenated alkanes) is 5. The summed E-state index contributed by atoms with van der Waals surface area (Å²) in [5, 5.41) is 3.01. The van der Waals surface area contributed by atoms with Crippen molar-refractivity contribution in [1.82, 2.24) is 10.2 Å². The SMILES string of the molecule is CCCCCCCCN1CC[C@@H](NC(C)=O)C1. The van der Waals surface area contributed by atoms with E-state index in [-0.39, 0.29) is 5.91 Å². The molecule has 1 fully saturated rings. The van der Waals surface area contributed by atoms with Crippen LogP contribution in [0.4, 0.5) is 0 Å². The van der Waals surface area contributed by atoms with E-state index in [2.05, 4.69) is 17.1 Å². The van der Waals surface area contributed by atoms with Crippen LogP contribution < -0.4 is 5.32 Å². The average molecular weight is 240 g/mol. The molecule has 0 aromatic carbocycles. The first-order valence-electron chi connectivity index (χ1n) is 7.22. The highest BCUT2D eigenvalue weighted by Crippen LogP contribution is 2.11. The van der Waals surface area contributed by atoms with Crippen LogP contribution in [0.3, 0.4) is 0 Å². The summed E-state index contributed by atoms with van der Waals surface area (Å²) >= 11 is 0. The lowest BCUT2D eigenvalue weighted by molar-refractivity contribution is -0.119. The number of hydrogen-bond acceptors (Lipinski definition) is 2. The molecule has 0 aromatic rings. The van der Waals surface area contributed by atoms with Gasteiger partial charge in [-0.05, 0) is 19.4 Å². The van der Waals surface area contributed by atoms with E-state index in [1.54, 1.807) is 6.92 Å². The number of carbonyl (C=O) groups excluding carboxylic acids is 1. The number of nitrogens with one attached hydrogen (secondary N) is 1. The number of hydrogen-bond donors (Lipinski definition) is 1. The molecule has 1 atom stereocenters. The van der Waals surface area contributed by atoms with Crippen LogP contribution in [0.2, 0.25) is 0 Å². The third-order valence-electron chi connectivity index (χ3n) is 3.51. The Kier molecular flexibility index (Phi) is 7.25. The molecule has 0 aromatic heterocycles. The topological polar surface area (TPSA) is 32.3 Å². The fourth-order valence-corrected chi connectivity index (χ4v) is 2.56. The monoisotopic (exact) mass is 240 g/mol. The molecule has 0 saturated carbocycles. The molecule has 0 radical (unpaired) electrons. The molecule has 0 unspecified atom stereocenters. The van der Waals surface area contributed by atoms with Crippen LogP contribution in [0.1, 0.15) is 58.8 Å². The summed E-state index contributed by atoms with van der Waals surface area (Å²) in [6, 6.07) is 0.396. The van der Waals surface area contributed by atoms with Gasteiger partial charge >= 0.3 is 0 Å². The second kappa shape index (κ2) is 8.51. The Hall–Kier alpha value is -0.570. The highest BCUT2D eigenvalue weighted by Gasteiger charge is 2.21. The predicted octanol–water partition coefficient (Wildman–Crippen LogP) is 2.56. The highest BCUT2D eigenvalue weighted by atomic mass is 16.1. The Morgan fingerprint density at radius 1 is 1.24 bits per heavy atom. The fraction of sp³-hybridized carbons (Fsp3) is 0.929. The largest absolute Gasteiger partial charge is 0.352 e. The molecule has 1 rings (SSSR count). The van der Waals surface area contributed by atoms with Crippen molar-refractivity contribution in [2.75, 3.05) is 19.6 Å². The van der Waals surface area contributed by atoms with E-state index < -0.39 is 0 Å². The van der Waals surface area contributed by atoms with Crippen LogP contribution in [0.25, 0.3) is 0 Å². The predicted molar refractivity (Wildman–Crippen MR) is 72.0 cm³/mol. The lowest BCUT2D eigenvalue weighted by Gasteiger charge is -2.16. The van der Waals surface area contributed by atoms with Gasteiger partial charge in [0.15, 0.2) is 0 Å². The molecule has 0 bridgehead atoms. The molecule has 1 saturated heterocycles. The Morgan fingerprint density at radius 3 is 2.65 bits per heavy atom. The summed E-state index contributed by atoms with van der Waals surface area (Å²) in [7, 11) is 0. The molecule has 0 aliphatic carbocycles. The second-order valence-electron chi connectivity index (χ2n) is 5.25. The van der Waals surface area contributed by atoms with Crippen LogP contribution >= 0.6 is 0 Å². The number of nitrogens with zero attached hydrogens (tertiary/aromatic N) is 1. The van der Waals surface area contributed by atoms with Gasteiger partial charge in [-0.1, -0.05) is 39.0 Å². The van der Waals surface area contributed by atoms with Gasteiger partial charge in [-0.25, -0.2) is 0 Å². The zero-order chi connectivity index (χ0) is 12.5. The van der Waals surface area contributed by atoms with Crippen LogP contribution in [-0.4, -0.2) is 36.5 Å². The minimum absolute atomic E-state index is 0.108. The quantitative estimate of drug-likeness (QED) is 0.661. The van der Waals surface area contributed by atoms with E-state index in [0.717, 1.165) is 19.5 Å². The molecule has 1 aliphatic rings. The summed E-state index contributed by atoms with van der Waals surface area (Å²) in [6.45, 7) is 7.28. The number of likely N-dealkylation sites (tertiary alicyclic amines) is 1. The van der Waals surface area contributed by atoms with Gasteiger partial charge in [0.05, 0.1) is 0 Å². The molecule has 3 heteroatoms. The van der Waals surface area contributed by atoms with E-state index in [1.165, 1.54) is 45.1 Å². The van der Waals surface area contributed by atoms with E-state index in [1.807, 2.05) is 0 Å². The maximum Gasteiger partial charge on any atom is 0.217 e. The Labute approximate surface area is 106 Å². The normalized spacial score (nSPS) is 20.7. The first-order chi connectivity index (χ1) is 8.22. The average Bonchev–Trinajstić information content (AvgIpc) is 2.70. The van der Waals surface area contributed by atoms with Crippen molar-refractivity contribution in [1.29, 1.82) is 0 Å². The molecule has 100 valence electrons. The van der Waals surface area contributed by atoms with Gasteiger partial charge in [-0.15, -0.1) is 0 Å². The van der Waals surface area contributed by atoms with E-state index in [9.17, 15) is 4.79 Å². The summed E-state index contributed by atoms with van der Waals surface area (Å²) in [5.74, 6) is 0.108. The molecule has 1 heterocycles. The second-order valence-corrected chi connectivity index (χ2v) is 5.25. The summed E-state index contributed by atoms with van der Waals surface area (Å²) in [4.78, 5) is 13.4. The Balaban J connectivity index is 1.96. The van der Waals surface area contributed by atoms with Crippen molar-refractivity contribution >= 4 is 5.91 Å². The van der Waals surface area contributed by atoms with Gasteiger partial charge in [0.2, 0.25) is 5.91 Å². The standard InChI is InChI=1S/C14H28N2O/c1-3-4-5-6-7-8-10-16-11-9-14(12-16)15-13(2)17/h14H,3-12H2,1-2H3,(H,15,17)/t14-/m1/s1. The molecule has 1 aliphatic heterocycles. The molecule has 17 heavy (non-hydrogen) atoms. The lowest BCUT2D eigenvalue weighted by Crippen LogP contribution is -2.35. The minimum atomic E-state index is 0.108. The van der Waals surface area contributed by atoms with Crippen LogP contribution in [0.5, 0.6) is 0 Å². The van der Waals surface area contributed by atoms with Gasteiger partial charge in [0.25, 0.3) is 0 Å². The Bertz CT molecular complexity index is 218. The molecular formula is C14H28N2O. The summed E-state index contributed by atoms with van der Waals surface area (Å²) < 4.78 is 0. The third-order valence-corrected chi connectivity index (χ3v) is 3.51. The van der Waals surface area contributed by atoms with Crippen molar-refractivity contribution < 1.29 is 4.79 Å². The lowest BCUT2D eigenvalue weighted by atomic mass is 10.1. The van der Waals surface area contributed by atoms with Crippen LogP contribution in [0.15, 0.2) is 0 Å². The molecule has 0 spiro atoms. The number of amides is 1. The third kappa shape index (κ3) is 6.67. The first kappa shape index (κ1) is 14.5. The maximum absolute atomic E-state index is 10.9. The van der Waals surface area contributed by atoms with Gasteiger partial charge in [-0.3, -0.25) is 4.79 Å². The van der Waals surface area contributed by atoms with Gasteiger partial charge in [-0.2, -0.15) is 0 Å². The van der Waals surface area contributed by atoms with Crippen LogP contribution in [0, 0.1) is 0 Å². The van der Waals surface area contributed by atoms with Crippen molar-refractivity contribution in [3.63, 3.8) is 0 Å². The van der Waals surface area contributed by atoms with Gasteiger partial charge in [0.1, 0.15) is 0 Å². The van der Waals surface area contributed by atoms with E-state index >= 15 is 0 Å². The summed E-state index contributed by atoms with van der Waals surface area (Å²) in [5.41, 5.74) is 0. The smallest absolute Gasteiger partial charge is 0.217 e. The molecular weight excluding hydrogens is 212 g/mol. The first-order valence-corrected chi connectivity index (χ1v) is 7.22. The van der Waals surface area contributed by atoms with Crippen molar-refractivity contribution in [2.24, 2.45) is 0 Å². The summed E-state index contributed by atoms with van der Waals surface area (Å²) in [6.07, 6.45) is 9.29. The highest BCUT2D eigenvalue weighted by molar-refractivity contribution is 5.73. The van der Waals surface area contributed by atoms with Crippen molar-refractivity contribution in [3.8, 4) is 0 Å². The van der Waals surface area contributed by atoms with E-state index in [0.29, 0.717) is 6.04 Å². The Morgan fingerprint density at radius 2 is 1.94 bits per heavy atom. The van der Waals surface area contributed by atoms with Crippen molar-refractivity contribution in [3.05, 3.63) is 0 Å². The zero-order valence-electron chi connectivity index (χ0n) is 11.5. The number of carbonyl (C=O) groups is 1. The van der Waals surface area contributed by atoms with E-state index in [4.69, 9.17) is 0 Å². The fourth-order valence-electron chi connectivity index (χ4n) is 2.56. The van der Waals surface area contributed by atoms with Crippen LogP contribution in [-0.2, 0) is 4.79 Å². The number of rotatable bonds is 8.